The van der Waals surface area contributed by atoms with Gasteiger partial charge < -0.3 is 20.1 Å². The molecule has 2 N–H and O–H groups in total. The summed E-state index contributed by atoms with van der Waals surface area (Å²) < 4.78 is 11.3. The van der Waals surface area contributed by atoms with Crippen molar-refractivity contribution in [2.45, 2.75) is 20.8 Å². The fourth-order valence-corrected chi connectivity index (χ4v) is 5.12. The van der Waals surface area contributed by atoms with E-state index in [0.717, 1.165) is 27.8 Å². The summed E-state index contributed by atoms with van der Waals surface area (Å²) in [7, 11) is 0. The van der Waals surface area contributed by atoms with E-state index >= 15 is 0 Å². The number of halogens is 1. The zero-order valence-corrected chi connectivity index (χ0v) is 24.2. The third-order valence-electron chi connectivity index (χ3n) is 5.71. The number of aryl methyl sites for hydroxylation is 2. The smallest absolute Gasteiger partial charge is 0.294 e. The molecular formula is C30H28ClN3O6S. The van der Waals surface area contributed by atoms with E-state index < -0.39 is 23.6 Å². The van der Waals surface area contributed by atoms with Gasteiger partial charge in [0.2, 0.25) is 5.91 Å². The molecule has 0 atom stereocenters. The Balaban J connectivity index is 1.41. The Morgan fingerprint density at radius 2 is 1.63 bits per heavy atom. The molecular weight excluding hydrogens is 566 g/mol. The summed E-state index contributed by atoms with van der Waals surface area (Å²) >= 11 is 6.71. The Labute approximate surface area is 246 Å². The molecule has 1 saturated heterocycles. The monoisotopic (exact) mass is 593 g/mol. The zero-order chi connectivity index (χ0) is 29.5. The van der Waals surface area contributed by atoms with E-state index in [9.17, 15) is 19.2 Å². The molecule has 0 aromatic heterocycles. The zero-order valence-electron chi connectivity index (χ0n) is 22.7. The van der Waals surface area contributed by atoms with E-state index in [0.29, 0.717) is 40.1 Å². The van der Waals surface area contributed by atoms with Crippen LogP contribution in [0.3, 0.4) is 0 Å². The summed E-state index contributed by atoms with van der Waals surface area (Å²) in [6, 6.07) is 17.3. The van der Waals surface area contributed by atoms with E-state index in [1.807, 2.05) is 32.0 Å². The van der Waals surface area contributed by atoms with Gasteiger partial charge in [0.25, 0.3) is 17.1 Å². The Hall–Kier alpha value is -4.28. The van der Waals surface area contributed by atoms with Gasteiger partial charge in [0, 0.05) is 16.4 Å². The molecule has 212 valence electrons. The molecule has 0 bridgehead atoms. The van der Waals surface area contributed by atoms with Crippen LogP contribution >= 0.6 is 23.4 Å². The molecule has 9 nitrogen and oxygen atoms in total. The molecule has 0 aliphatic carbocycles. The molecule has 4 rings (SSSR count). The maximum Gasteiger partial charge on any atom is 0.294 e. The van der Waals surface area contributed by atoms with Gasteiger partial charge in [-0.15, -0.1) is 0 Å². The van der Waals surface area contributed by atoms with Gasteiger partial charge in [-0.25, -0.2) is 0 Å². The third kappa shape index (κ3) is 8.12. The van der Waals surface area contributed by atoms with Crippen LogP contribution in [0.2, 0.25) is 5.02 Å². The summed E-state index contributed by atoms with van der Waals surface area (Å²) in [6.45, 7) is 5.30. The van der Waals surface area contributed by atoms with Crippen LogP contribution in [0.4, 0.5) is 16.2 Å². The predicted octanol–water partition coefficient (Wildman–Crippen LogP) is 6.05. The molecule has 11 heteroatoms. The number of carbonyl (C=O) groups excluding carboxylic acids is 4. The average molecular weight is 594 g/mol. The highest BCUT2D eigenvalue weighted by atomic mass is 35.5. The predicted molar refractivity (Wildman–Crippen MR) is 160 cm³/mol. The molecule has 3 aromatic rings. The molecule has 0 spiro atoms. The fourth-order valence-electron chi connectivity index (χ4n) is 4.09. The Kier molecular flexibility index (Phi) is 9.69. The van der Waals surface area contributed by atoms with Gasteiger partial charge in [0.1, 0.15) is 6.54 Å². The second-order valence-corrected chi connectivity index (χ2v) is 10.6. The van der Waals surface area contributed by atoms with Crippen molar-refractivity contribution in [2.75, 3.05) is 30.4 Å². The Morgan fingerprint density at radius 1 is 0.902 bits per heavy atom. The van der Waals surface area contributed by atoms with Gasteiger partial charge in [-0.05, 0) is 97.8 Å². The summed E-state index contributed by atoms with van der Waals surface area (Å²) in [5.74, 6) is -0.719. The normalized spacial score (nSPS) is 13.9. The van der Waals surface area contributed by atoms with E-state index in [4.69, 9.17) is 21.1 Å². The number of imide groups is 1. The van der Waals surface area contributed by atoms with E-state index in [1.165, 1.54) is 0 Å². The summed E-state index contributed by atoms with van der Waals surface area (Å²) in [5.41, 5.74) is 3.69. The molecule has 1 aliphatic heterocycles. The molecule has 3 aromatic carbocycles. The number of benzene rings is 3. The maximum atomic E-state index is 13.0. The van der Waals surface area contributed by atoms with Crippen molar-refractivity contribution >= 4 is 63.8 Å². The maximum absolute atomic E-state index is 13.0. The first-order valence-corrected chi connectivity index (χ1v) is 13.9. The van der Waals surface area contributed by atoms with Crippen LogP contribution in [-0.2, 0) is 14.4 Å². The largest absolute Gasteiger partial charge is 0.490 e. The molecule has 1 heterocycles. The first kappa shape index (κ1) is 29.7. The minimum absolute atomic E-state index is 0.172. The second kappa shape index (κ2) is 13.4. The minimum Gasteiger partial charge on any atom is -0.490 e. The van der Waals surface area contributed by atoms with Crippen LogP contribution in [-0.4, -0.2) is 47.6 Å². The van der Waals surface area contributed by atoms with Crippen molar-refractivity contribution in [3.8, 4) is 11.5 Å². The highest BCUT2D eigenvalue weighted by Crippen LogP contribution is 2.35. The van der Waals surface area contributed by atoms with Gasteiger partial charge in [-0.1, -0.05) is 29.8 Å². The summed E-state index contributed by atoms with van der Waals surface area (Å²) in [5, 5.41) is 5.41. The second-order valence-electron chi connectivity index (χ2n) is 9.18. The fraction of sp³-hybridized carbons (Fsp3) is 0.200. The lowest BCUT2D eigenvalue weighted by atomic mass is 10.1. The molecule has 4 amide bonds. The number of hydrogen-bond donors (Lipinski definition) is 2. The first-order valence-electron chi connectivity index (χ1n) is 12.7. The third-order valence-corrected chi connectivity index (χ3v) is 6.86. The quantitative estimate of drug-likeness (QED) is 0.275. The molecule has 0 unspecified atom stereocenters. The summed E-state index contributed by atoms with van der Waals surface area (Å²) in [4.78, 5) is 51.5. The van der Waals surface area contributed by atoms with Crippen LogP contribution in [0.1, 0.15) is 23.6 Å². The van der Waals surface area contributed by atoms with Gasteiger partial charge in [-0.2, -0.15) is 0 Å². The number of nitrogens with zero attached hydrogens (tertiary/aromatic N) is 1. The van der Waals surface area contributed by atoms with Gasteiger partial charge in [0.15, 0.2) is 18.1 Å². The van der Waals surface area contributed by atoms with Crippen LogP contribution in [0.15, 0.2) is 65.6 Å². The highest BCUT2D eigenvalue weighted by molar-refractivity contribution is 8.18. The van der Waals surface area contributed by atoms with Crippen molar-refractivity contribution in [2.24, 2.45) is 0 Å². The standard InChI is InChI=1S/C30H28ClN3O6S/c1-4-39-25-13-20(8-9-24(25)40-17-28(36)32-22-7-5-6-21(31)15-22)14-26-29(37)34(30(38)41-26)16-27(35)33-23-11-18(2)10-19(3)12-23/h5-15H,4,16-17H2,1-3H3,(H,32,36)(H,33,35)/b26-14+. The van der Waals surface area contributed by atoms with Crippen LogP contribution < -0.4 is 20.1 Å². The molecule has 41 heavy (non-hydrogen) atoms. The lowest BCUT2D eigenvalue weighted by Gasteiger charge is -2.13. The average Bonchev–Trinajstić information content (AvgIpc) is 3.15. The number of amides is 4. The lowest BCUT2D eigenvalue weighted by molar-refractivity contribution is -0.127. The topological polar surface area (TPSA) is 114 Å². The van der Waals surface area contributed by atoms with Crippen molar-refractivity contribution < 1.29 is 28.7 Å². The van der Waals surface area contributed by atoms with Gasteiger partial charge in [-0.3, -0.25) is 24.1 Å². The van der Waals surface area contributed by atoms with E-state index in [-0.39, 0.29) is 17.4 Å². The van der Waals surface area contributed by atoms with Gasteiger partial charge in [0.05, 0.1) is 11.5 Å². The molecule has 1 aliphatic rings. The highest BCUT2D eigenvalue weighted by Gasteiger charge is 2.36. The first-order chi connectivity index (χ1) is 19.6. The number of carbonyl (C=O) groups is 4. The number of thioether (sulfide) groups is 1. The van der Waals surface area contributed by atoms with Crippen LogP contribution in [0, 0.1) is 13.8 Å². The van der Waals surface area contributed by atoms with Crippen molar-refractivity contribution in [3.05, 3.63) is 87.3 Å². The number of nitrogens with one attached hydrogen (secondary N) is 2. The number of ether oxygens (including phenoxy) is 2. The van der Waals surface area contributed by atoms with Gasteiger partial charge >= 0.3 is 0 Å². The van der Waals surface area contributed by atoms with Crippen molar-refractivity contribution in [3.63, 3.8) is 0 Å². The van der Waals surface area contributed by atoms with E-state index in [1.54, 1.807) is 55.5 Å². The number of rotatable bonds is 10. The molecule has 1 fully saturated rings. The molecule has 0 radical (unpaired) electrons. The van der Waals surface area contributed by atoms with Crippen LogP contribution in [0.5, 0.6) is 11.5 Å². The van der Waals surface area contributed by atoms with Crippen molar-refractivity contribution in [1.29, 1.82) is 0 Å². The molecule has 0 saturated carbocycles. The number of anilines is 2. The Morgan fingerprint density at radius 3 is 2.34 bits per heavy atom. The minimum atomic E-state index is -0.563. The SMILES string of the molecule is CCOc1cc(/C=C2/SC(=O)N(CC(=O)Nc3cc(C)cc(C)c3)C2=O)ccc1OCC(=O)Nc1cccc(Cl)c1. The lowest BCUT2D eigenvalue weighted by Crippen LogP contribution is -2.36. The van der Waals surface area contributed by atoms with E-state index in [2.05, 4.69) is 10.6 Å². The Bertz CT molecular complexity index is 1520. The van der Waals surface area contributed by atoms with Crippen molar-refractivity contribution in [1.82, 2.24) is 4.90 Å². The number of hydrogen-bond acceptors (Lipinski definition) is 7. The summed E-state index contributed by atoms with van der Waals surface area (Å²) in [6.07, 6.45) is 1.55. The van der Waals surface area contributed by atoms with Crippen LogP contribution in [0.25, 0.3) is 6.08 Å².